The van der Waals surface area contributed by atoms with Crippen molar-refractivity contribution < 1.29 is 17.9 Å². The SMILES string of the molecule is NC(Cc1ccc(OC(F)(F)F)cc1)c1cncnc1. The van der Waals surface area contributed by atoms with Gasteiger partial charge in [-0.1, -0.05) is 12.1 Å². The standard InChI is InChI=1S/C13H12F3N3O/c14-13(15,16)20-11-3-1-9(2-4-11)5-12(17)10-6-18-8-19-7-10/h1-4,6-8,12H,5,17H2. The zero-order valence-corrected chi connectivity index (χ0v) is 10.3. The molecular weight excluding hydrogens is 271 g/mol. The Balaban J connectivity index is 2.00. The average Bonchev–Trinajstić information content (AvgIpc) is 2.40. The van der Waals surface area contributed by atoms with E-state index in [4.69, 9.17) is 5.73 Å². The first kappa shape index (κ1) is 14.3. The first-order valence-corrected chi connectivity index (χ1v) is 5.79. The molecule has 0 saturated heterocycles. The van der Waals surface area contributed by atoms with Gasteiger partial charge in [-0.2, -0.15) is 0 Å². The van der Waals surface area contributed by atoms with Crippen LogP contribution in [0.25, 0.3) is 0 Å². The lowest BCUT2D eigenvalue weighted by Gasteiger charge is -2.12. The van der Waals surface area contributed by atoms with Crippen molar-refractivity contribution >= 4 is 0 Å². The van der Waals surface area contributed by atoms with E-state index in [1.807, 2.05) is 0 Å². The summed E-state index contributed by atoms with van der Waals surface area (Å²) in [5, 5.41) is 0. The van der Waals surface area contributed by atoms with E-state index in [2.05, 4.69) is 14.7 Å². The first-order valence-electron chi connectivity index (χ1n) is 5.79. The molecule has 2 N–H and O–H groups in total. The summed E-state index contributed by atoms with van der Waals surface area (Å²) in [6, 6.07) is 5.30. The number of nitrogens with zero attached hydrogens (tertiary/aromatic N) is 2. The molecule has 0 saturated carbocycles. The van der Waals surface area contributed by atoms with Gasteiger partial charge in [0.25, 0.3) is 0 Å². The van der Waals surface area contributed by atoms with Crippen molar-refractivity contribution in [1.82, 2.24) is 9.97 Å². The minimum Gasteiger partial charge on any atom is -0.406 e. The van der Waals surface area contributed by atoms with Crippen LogP contribution >= 0.6 is 0 Å². The second-order valence-corrected chi connectivity index (χ2v) is 4.17. The van der Waals surface area contributed by atoms with Gasteiger partial charge in [0.05, 0.1) is 0 Å². The van der Waals surface area contributed by atoms with Crippen LogP contribution in [0.4, 0.5) is 13.2 Å². The maximum atomic E-state index is 12.0. The molecule has 1 heterocycles. The van der Waals surface area contributed by atoms with Gasteiger partial charge in [0.2, 0.25) is 0 Å². The molecule has 0 radical (unpaired) electrons. The van der Waals surface area contributed by atoms with Crippen molar-refractivity contribution in [1.29, 1.82) is 0 Å². The quantitative estimate of drug-likeness (QED) is 0.937. The van der Waals surface area contributed by atoms with Gasteiger partial charge in [-0.05, 0) is 24.1 Å². The summed E-state index contributed by atoms with van der Waals surface area (Å²) >= 11 is 0. The van der Waals surface area contributed by atoms with E-state index in [-0.39, 0.29) is 11.8 Å². The molecule has 0 fully saturated rings. The Morgan fingerprint density at radius 2 is 1.70 bits per heavy atom. The van der Waals surface area contributed by atoms with E-state index in [0.29, 0.717) is 6.42 Å². The summed E-state index contributed by atoms with van der Waals surface area (Å²) in [6.45, 7) is 0. The van der Waals surface area contributed by atoms with E-state index in [1.165, 1.54) is 18.5 Å². The largest absolute Gasteiger partial charge is 0.573 e. The Kier molecular flexibility index (Phi) is 4.19. The fourth-order valence-corrected chi connectivity index (χ4v) is 1.70. The number of hydrogen-bond acceptors (Lipinski definition) is 4. The van der Waals surface area contributed by atoms with Crippen LogP contribution in [0.2, 0.25) is 0 Å². The number of alkyl halides is 3. The Morgan fingerprint density at radius 1 is 1.10 bits per heavy atom. The maximum absolute atomic E-state index is 12.0. The van der Waals surface area contributed by atoms with Gasteiger partial charge in [0.15, 0.2) is 0 Å². The third-order valence-corrected chi connectivity index (χ3v) is 2.62. The van der Waals surface area contributed by atoms with Gasteiger partial charge in [0, 0.05) is 24.0 Å². The fourth-order valence-electron chi connectivity index (χ4n) is 1.70. The van der Waals surface area contributed by atoms with Crippen molar-refractivity contribution in [3.8, 4) is 5.75 Å². The smallest absolute Gasteiger partial charge is 0.406 e. The molecule has 7 heteroatoms. The zero-order chi connectivity index (χ0) is 14.6. The molecule has 2 aromatic rings. The van der Waals surface area contributed by atoms with E-state index in [0.717, 1.165) is 11.1 Å². The van der Waals surface area contributed by atoms with Crippen LogP contribution in [0.5, 0.6) is 5.75 Å². The van der Waals surface area contributed by atoms with E-state index < -0.39 is 6.36 Å². The predicted molar refractivity (Wildman–Crippen MR) is 65.8 cm³/mol. The topological polar surface area (TPSA) is 61.0 Å². The third-order valence-electron chi connectivity index (χ3n) is 2.62. The molecule has 0 spiro atoms. The highest BCUT2D eigenvalue weighted by Gasteiger charge is 2.30. The van der Waals surface area contributed by atoms with Crippen LogP contribution in [-0.4, -0.2) is 16.3 Å². The number of aromatic nitrogens is 2. The molecule has 0 aliphatic carbocycles. The highest BCUT2D eigenvalue weighted by molar-refractivity contribution is 5.28. The highest BCUT2D eigenvalue weighted by Crippen LogP contribution is 2.23. The van der Waals surface area contributed by atoms with E-state index in [1.54, 1.807) is 24.5 Å². The van der Waals surface area contributed by atoms with Crippen LogP contribution in [0.3, 0.4) is 0 Å². The molecule has 106 valence electrons. The second kappa shape index (κ2) is 5.87. The molecule has 1 atom stereocenters. The molecular formula is C13H12F3N3O. The lowest BCUT2D eigenvalue weighted by molar-refractivity contribution is -0.274. The van der Waals surface area contributed by atoms with Gasteiger partial charge in [-0.15, -0.1) is 13.2 Å². The van der Waals surface area contributed by atoms with Crippen molar-refractivity contribution in [2.24, 2.45) is 5.73 Å². The number of benzene rings is 1. The molecule has 0 aliphatic heterocycles. The Hall–Kier alpha value is -2.15. The molecule has 2 rings (SSSR count). The number of ether oxygens (including phenoxy) is 1. The van der Waals surface area contributed by atoms with Gasteiger partial charge < -0.3 is 10.5 Å². The van der Waals surface area contributed by atoms with Crippen LogP contribution < -0.4 is 10.5 Å². The van der Waals surface area contributed by atoms with Gasteiger partial charge in [-0.25, -0.2) is 9.97 Å². The minimum atomic E-state index is -4.68. The lowest BCUT2D eigenvalue weighted by Crippen LogP contribution is -2.17. The van der Waals surface area contributed by atoms with Crippen molar-refractivity contribution in [3.63, 3.8) is 0 Å². The monoisotopic (exact) mass is 283 g/mol. The highest BCUT2D eigenvalue weighted by atomic mass is 19.4. The Labute approximate surface area is 113 Å². The predicted octanol–water partition coefficient (Wildman–Crippen LogP) is 2.62. The summed E-state index contributed by atoms with van der Waals surface area (Å²) in [5.41, 5.74) is 7.54. The summed E-state index contributed by atoms with van der Waals surface area (Å²) < 4.78 is 39.8. The van der Waals surface area contributed by atoms with Crippen LogP contribution in [-0.2, 0) is 6.42 Å². The lowest BCUT2D eigenvalue weighted by atomic mass is 10.0. The second-order valence-electron chi connectivity index (χ2n) is 4.17. The third kappa shape index (κ3) is 4.20. The Bertz CT molecular complexity index is 543. The average molecular weight is 283 g/mol. The fraction of sp³-hybridized carbons (Fsp3) is 0.231. The van der Waals surface area contributed by atoms with Gasteiger partial charge in [-0.3, -0.25) is 0 Å². The minimum absolute atomic E-state index is 0.252. The summed E-state index contributed by atoms with van der Waals surface area (Å²) in [5.74, 6) is -0.252. The molecule has 0 amide bonds. The van der Waals surface area contributed by atoms with Crippen LogP contribution in [0.1, 0.15) is 17.2 Å². The molecule has 1 unspecified atom stereocenters. The molecule has 1 aromatic heterocycles. The summed E-state index contributed by atoms with van der Waals surface area (Å²) in [6.07, 6.45) is 0.413. The molecule has 0 aliphatic rings. The van der Waals surface area contributed by atoms with E-state index >= 15 is 0 Å². The van der Waals surface area contributed by atoms with E-state index in [9.17, 15) is 13.2 Å². The van der Waals surface area contributed by atoms with Gasteiger partial charge in [0.1, 0.15) is 12.1 Å². The molecule has 20 heavy (non-hydrogen) atoms. The number of hydrogen-bond donors (Lipinski definition) is 1. The molecule has 0 bridgehead atoms. The van der Waals surface area contributed by atoms with Crippen LogP contribution in [0.15, 0.2) is 43.0 Å². The van der Waals surface area contributed by atoms with Crippen LogP contribution in [0, 0.1) is 0 Å². The molecule has 1 aromatic carbocycles. The first-order chi connectivity index (χ1) is 9.44. The number of halogens is 3. The normalized spacial score (nSPS) is 13.0. The van der Waals surface area contributed by atoms with Gasteiger partial charge >= 0.3 is 6.36 Å². The summed E-state index contributed by atoms with van der Waals surface area (Å²) in [7, 11) is 0. The maximum Gasteiger partial charge on any atom is 0.573 e. The molecule has 4 nitrogen and oxygen atoms in total. The number of nitrogens with two attached hydrogens (primary N) is 1. The van der Waals surface area contributed by atoms with Crippen molar-refractivity contribution in [2.75, 3.05) is 0 Å². The number of rotatable bonds is 4. The zero-order valence-electron chi connectivity index (χ0n) is 10.3. The summed E-state index contributed by atoms with van der Waals surface area (Å²) in [4.78, 5) is 7.73. The van der Waals surface area contributed by atoms with Crippen molar-refractivity contribution in [3.05, 3.63) is 54.1 Å². The Morgan fingerprint density at radius 3 is 2.25 bits per heavy atom. The van der Waals surface area contributed by atoms with Crippen molar-refractivity contribution in [2.45, 2.75) is 18.8 Å².